The van der Waals surface area contributed by atoms with Crippen molar-refractivity contribution in [2.45, 2.75) is 13.0 Å². The lowest BCUT2D eigenvalue weighted by Crippen LogP contribution is -2.11. The molecule has 1 aliphatic heterocycles. The lowest BCUT2D eigenvalue weighted by molar-refractivity contribution is 0.0680. The fourth-order valence-electron chi connectivity index (χ4n) is 0.781. The molecule has 1 heterocycles. The van der Waals surface area contributed by atoms with Crippen LogP contribution in [0.4, 0.5) is 0 Å². The van der Waals surface area contributed by atoms with Gasteiger partial charge < -0.3 is 9.47 Å². The van der Waals surface area contributed by atoms with Crippen molar-refractivity contribution in [2.24, 2.45) is 0 Å². The van der Waals surface area contributed by atoms with Gasteiger partial charge >= 0.3 is 0 Å². The van der Waals surface area contributed by atoms with E-state index in [-0.39, 0.29) is 0 Å². The number of rotatable bonds is 2. The molecule has 0 saturated carbocycles. The summed E-state index contributed by atoms with van der Waals surface area (Å²) in [6, 6.07) is 0. The van der Waals surface area contributed by atoms with Crippen LogP contribution in [-0.4, -0.2) is 24.7 Å². The standard InChI is InChI=1S/C6H11O2S/c1-5-7-3-6(8-5)4-9-2/h6H,3-4H2,1-2H3. The van der Waals surface area contributed by atoms with E-state index in [1.807, 2.05) is 6.92 Å². The van der Waals surface area contributed by atoms with Crippen LogP contribution in [0.15, 0.2) is 0 Å². The molecule has 0 aromatic carbocycles. The van der Waals surface area contributed by atoms with E-state index in [2.05, 4.69) is 6.26 Å². The summed E-state index contributed by atoms with van der Waals surface area (Å²) in [7, 11) is 0. The minimum Gasteiger partial charge on any atom is -0.343 e. The molecule has 1 fully saturated rings. The average Bonchev–Trinajstić information content (AvgIpc) is 2.17. The highest BCUT2D eigenvalue weighted by Gasteiger charge is 2.22. The monoisotopic (exact) mass is 147 g/mol. The third kappa shape index (κ3) is 2.16. The van der Waals surface area contributed by atoms with Crippen molar-refractivity contribution in [1.29, 1.82) is 0 Å². The smallest absolute Gasteiger partial charge is 0.220 e. The zero-order valence-electron chi connectivity index (χ0n) is 5.72. The van der Waals surface area contributed by atoms with Crippen molar-refractivity contribution in [3.63, 3.8) is 0 Å². The molecule has 1 atom stereocenters. The molecule has 9 heavy (non-hydrogen) atoms. The quantitative estimate of drug-likeness (QED) is 0.586. The Hall–Kier alpha value is 0.270. The normalized spacial score (nSPS) is 29.3. The van der Waals surface area contributed by atoms with Gasteiger partial charge in [0.15, 0.2) is 0 Å². The van der Waals surface area contributed by atoms with Crippen LogP contribution in [0.1, 0.15) is 6.92 Å². The molecule has 0 N–H and O–H groups in total. The first kappa shape index (κ1) is 7.38. The molecule has 0 amide bonds. The van der Waals surface area contributed by atoms with Crippen molar-refractivity contribution < 1.29 is 9.47 Å². The van der Waals surface area contributed by atoms with Gasteiger partial charge in [0.25, 0.3) is 0 Å². The molecule has 1 rings (SSSR count). The molecule has 0 bridgehead atoms. The fraction of sp³-hybridized carbons (Fsp3) is 0.833. The third-order valence-electron chi connectivity index (χ3n) is 1.16. The van der Waals surface area contributed by atoms with Gasteiger partial charge in [-0.1, -0.05) is 0 Å². The number of hydrogen-bond acceptors (Lipinski definition) is 3. The van der Waals surface area contributed by atoms with Crippen LogP contribution in [0.3, 0.4) is 0 Å². The van der Waals surface area contributed by atoms with Gasteiger partial charge in [-0.3, -0.25) is 0 Å². The van der Waals surface area contributed by atoms with Crippen molar-refractivity contribution in [3.8, 4) is 0 Å². The summed E-state index contributed by atoms with van der Waals surface area (Å²) in [6.07, 6.45) is 3.07. The predicted molar refractivity (Wildman–Crippen MR) is 38.1 cm³/mol. The molecular weight excluding hydrogens is 136 g/mol. The van der Waals surface area contributed by atoms with E-state index in [0.29, 0.717) is 12.4 Å². The van der Waals surface area contributed by atoms with Gasteiger partial charge in [-0.15, -0.1) is 0 Å². The maximum atomic E-state index is 5.28. The maximum absolute atomic E-state index is 5.28. The van der Waals surface area contributed by atoms with E-state index in [9.17, 15) is 0 Å². The van der Waals surface area contributed by atoms with Gasteiger partial charge in [-0.2, -0.15) is 11.8 Å². The summed E-state index contributed by atoms with van der Waals surface area (Å²) in [5, 5.41) is 0. The minimum atomic E-state index is 0.292. The van der Waals surface area contributed by atoms with Crippen LogP contribution in [0.2, 0.25) is 0 Å². The summed E-state index contributed by atoms with van der Waals surface area (Å²) in [5.41, 5.74) is 0. The molecule has 0 aliphatic carbocycles. The summed E-state index contributed by atoms with van der Waals surface area (Å²) in [6.45, 7) is 2.58. The summed E-state index contributed by atoms with van der Waals surface area (Å²) in [5.74, 6) is 1.03. The van der Waals surface area contributed by atoms with Crippen molar-refractivity contribution in [2.75, 3.05) is 18.6 Å². The molecule has 0 aromatic rings. The molecule has 1 radical (unpaired) electrons. The first-order chi connectivity index (χ1) is 4.33. The zero-order valence-corrected chi connectivity index (χ0v) is 6.53. The lowest BCUT2D eigenvalue weighted by atomic mass is 10.4. The van der Waals surface area contributed by atoms with Crippen LogP contribution in [0, 0.1) is 6.29 Å². The van der Waals surface area contributed by atoms with Gasteiger partial charge in [-0.05, 0) is 13.2 Å². The molecule has 1 unspecified atom stereocenters. The maximum Gasteiger partial charge on any atom is 0.220 e. The predicted octanol–water partition coefficient (Wildman–Crippen LogP) is 1.27. The Morgan fingerprint density at radius 1 is 1.78 bits per heavy atom. The fourth-order valence-corrected chi connectivity index (χ4v) is 1.32. The summed E-state index contributed by atoms with van der Waals surface area (Å²) >= 11 is 1.78. The molecule has 1 saturated heterocycles. The molecule has 53 valence electrons. The largest absolute Gasteiger partial charge is 0.343 e. The van der Waals surface area contributed by atoms with E-state index in [4.69, 9.17) is 9.47 Å². The van der Waals surface area contributed by atoms with Gasteiger partial charge in [0, 0.05) is 5.75 Å². The van der Waals surface area contributed by atoms with Gasteiger partial charge in [0.05, 0.1) is 12.7 Å². The Labute approximate surface area is 59.9 Å². The molecule has 2 nitrogen and oxygen atoms in total. The highest BCUT2D eigenvalue weighted by molar-refractivity contribution is 7.98. The van der Waals surface area contributed by atoms with E-state index in [1.54, 1.807) is 11.8 Å². The Balaban J connectivity index is 2.14. The summed E-state index contributed by atoms with van der Waals surface area (Å²) < 4.78 is 10.4. The number of ether oxygens (including phenoxy) is 2. The van der Waals surface area contributed by atoms with Gasteiger partial charge in [0.1, 0.15) is 0 Å². The van der Waals surface area contributed by atoms with Crippen molar-refractivity contribution >= 4 is 11.8 Å². The van der Waals surface area contributed by atoms with Crippen LogP contribution >= 0.6 is 11.8 Å². The molecule has 0 spiro atoms. The first-order valence-electron chi connectivity index (χ1n) is 2.95. The molecule has 3 heteroatoms. The Kier molecular flexibility index (Phi) is 2.82. The Bertz CT molecular complexity index is 85.1. The number of hydrogen-bond donors (Lipinski definition) is 0. The topological polar surface area (TPSA) is 18.5 Å². The van der Waals surface area contributed by atoms with Crippen LogP contribution in [-0.2, 0) is 9.47 Å². The zero-order chi connectivity index (χ0) is 6.69. The minimum absolute atomic E-state index is 0.292. The van der Waals surface area contributed by atoms with Gasteiger partial charge in [-0.25, -0.2) is 0 Å². The van der Waals surface area contributed by atoms with Crippen LogP contribution < -0.4 is 0 Å². The molecule has 1 aliphatic rings. The average molecular weight is 147 g/mol. The second-order valence-electron chi connectivity index (χ2n) is 2.00. The Morgan fingerprint density at radius 3 is 3.00 bits per heavy atom. The van der Waals surface area contributed by atoms with Crippen molar-refractivity contribution in [3.05, 3.63) is 6.29 Å². The van der Waals surface area contributed by atoms with E-state index >= 15 is 0 Å². The summed E-state index contributed by atoms with van der Waals surface area (Å²) in [4.78, 5) is 0. The van der Waals surface area contributed by atoms with Crippen LogP contribution in [0.5, 0.6) is 0 Å². The highest BCUT2D eigenvalue weighted by atomic mass is 32.2. The van der Waals surface area contributed by atoms with Gasteiger partial charge in [0.2, 0.25) is 6.29 Å². The number of thioether (sulfide) groups is 1. The second-order valence-corrected chi connectivity index (χ2v) is 2.91. The lowest BCUT2D eigenvalue weighted by Gasteiger charge is -2.03. The van der Waals surface area contributed by atoms with Crippen molar-refractivity contribution in [1.82, 2.24) is 0 Å². The third-order valence-corrected chi connectivity index (χ3v) is 1.86. The first-order valence-corrected chi connectivity index (χ1v) is 4.34. The van der Waals surface area contributed by atoms with Crippen LogP contribution in [0.25, 0.3) is 0 Å². The Morgan fingerprint density at radius 2 is 2.56 bits per heavy atom. The van der Waals surface area contributed by atoms with E-state index in [1.165, 1.54) is 0 Å². The molecular formula is C6H11O2S. The van der Waals surface area contributed by atoms with E-state index < -0.39 is 0 Å². The second kappa shape index (κ2) is 3.44. The molecule has 0 aromatic heterocycles. The SMILES string of the molecule is CSCC1CO[C](C)O1. The van der Waals surface area contributed by atoms with E-state index in [0.717, 1.165) is 12.4 Å². The highest BCUT2D eigenvalue weighted by Crippen LogP contribution is 2.18.